The molecule has 1 fully saturated rings. The first-order valence-electron chi connectivity index (χ1n) is 5.73. The van der Waals surface area contributed by atoms with E-state index in [0.29, 0.717) is 6.54 Å². The Balaban J connectivity index is 2.08. The van der Waals surface area contributed by atoms with Crippen LogP contribution < -0.4 is 5.32 Å². The highest BCUT2D eigenvalue weighted by molar-refractivity contribution is 5.73. The smallest absolute Gasteiger partial charge is 0.323 e. The van der Waals surface area contributed by atoms with Gasteiger partial charge in [-0.3, -0.25) is 10.1 Å². The van der Waals surface area contributed by atoms with Gasteiger partial charge in [0.25, 0.3) is 0 Å². The summed E-state index contributed by atoms with van der Waals surface area (Å²) >= 11 is 0. The minimum atomic E-state index is -0.857. The Bertz CT molecular complexity index is 423. The Labute approximate surface area is 101 Å². The molecule has 17 heavy (non-hydrogen) atoms. The molecule has 4 heteroatoms. The minimum Gasteiger partial charge on any atom is -0.480 e. The normalized spacial score (nSPS) is 24.6. The van der Waals surface area contributed by atoms with Crippen molar-refractivity contribution in [3.05, 3.63) is 34.9 Å². The first-order chi connectivity index (χ1) is 8.08. The highest BCUT2D eigenvalue weighted by Gasteiger charge is 2.27. The van der Waals surface area contributed by atoms with Gasteiger partial charge in [0.15, 0.2) is 0 Å². The van der Waals surface area contributed by atoms with Crippen LogP contribution in [0.2, 0.25) is 0 Å². The summed E-state index contributed by atoms with van der Waals surface area (Å²) in [6.07, 6.45) is -0.0498. The zero-order valence-electron chi connectivity index (χ0n) is 10.1. The summed E-state index contributed by atoms with van der Waals surface area (Å²) in [5, 5.41) is 11.8. The van der Waals surface area contributed by atoms with Crippen molar-refractivity contribution in [3.63, 3.8) is 0 Å². The molecule has 1 aromatic carbocycles. The molecule has 2 rings (SSSR count). The number of hydrogen-bond donors (Lipinski definition) is 2. The van der Waals surface area contributed by atoms with E-state index in [0.717, 1.165) is 5.56 Å². The molecule has 1 aromatic rings. The van der Waals surface area contributed by atoms with E-state index in [1.165, 1.54) is 11.1 Å². The van der Waals surface area contributed by atoms with Crippen LogP contribution in [0.25, 0.3) is 0 Å². The number of hydrogen-bond acceptors (Lipinski definition) is 3. The van der Waals surface area contributed by atoms with Crippen molar-refractivity contribution >= 4 is 5.97 Å². The van der Waals surface area contributed by atoms with Crippen LogP contribution in [0, 0.1) is 13.8 Å². The second kappa shape index (κ2) is 4.85. The van der Waals surface area contributed by atoms with Gasteiger partial charge in [0.05, 0.1) is 12.7 Å². The average Bonchev–Trinajstić information content (AvgIpc) is 2.29. The van der Waals surface area contributed by atoms with Crippen molar-refractivity contribution in [3.8, 4) is 0 Å². The van der Waals surface area contributed by atoms with E-state index < -0.39 is 12.0 Å². The predicted octanol–water partition coefficient (Wildman–Crippen LogP) is 1.42. The zero-order chi connectivity index (χ0) is 12.4. The molecule has 0 spiro atoms. The van der Waals surface area contributed by atoms with Gasteiger partial charge >= 0.3 is 5.97 Å². The summed E-state index contributed by atoms with van der Waals surface area (Å²) in [7, 11) is 0. The van der Waals surface area contributed by atoms with Crippen LogP contribution in [-0.2, 0) is 9.53 Å². The number of aryl methyl sites for hydroxylation is 2. The second-order valence-corrected chi connectivity index (χ2v) is 4.48. The number of nitrogens with one attached hydrogen (secondary N) is 1. The topological polar surface area (TPSA) is 58.6 Å². The fraction of sp³-hybridized carbons (Fsp3) is 0.462. The molecule has 1 aliphatic rings. The lowest BCUT2D eigenvalue weighted by Gasteiger charge is -2.29. The fourth-order valence-electron chi connectivity index (χ4n) is 2.12. The number of benzene rings is 1. The number of carbonyl (C=O) groups is 1. The van der Waals surface area contributed by atoms with Crippen LogP contribution in [0.1, 0.15) is 22.8 Å². The van der Waals surface area contributed by atoms with E-state index >= 15 is 0 Å². The van der Waals surface area contributed by atoms with Crippen molar-refractivity contribution < 1.29 is 14.6 Å². The van der Waals surface area contributed by atoms with Crippen LogP contribution in [0.3, 0.4) is 0 Å². The molecule has 4 nitrogen and oxygen atoms in total. The number of carboxylic acids is 1. The molecule has 2 atom stereocenters. The highest BCUT2D eigenvalue weighted by Crippen LogP contribution is 2.24. The van der Waals surface area contributed by atoms with Crippen LogP contribution >= 0.6 is 0 Å². The van der Waals surface area contributed by atoms with Gasteiger partial charge < -0.3 is 9.84 Å². The third kappa shape index (κ3) is 2.65. The monoisotopic (exact) mass is 235 g/mol. The molecule has 0 amide bonds. The summed E-state index contributed by atoms with van der Waals surface area (Å²) in [4.78, 5) is 10.8. The Hall–Kier alpha value is -1.39. The lowest BCUT2D eigenvalue weighted by molar-refractivity contribution is -0.144. The summed E-state index contributed by atoms with van der Waals surface area (Å²) < 4.78 is 5.62. The molecular formula is C13H17NO3. The standard InChI is InChI=1S/C13H17NO3/c1-8-3-4-10(9(2)5-8)12-6-14-11(7-17-12)13(15)16/h3-5,11-12,14H,6-7H2,1-2H3,(H,15,16). The molecule has 0 bridgehead atoms. The number of carboxylic acid groups (broad SMARTS) is 1. The van der Waals surface area contributed by atoms with Gasteiger partial charge in [0, 0.05) is 6.54 Å². The third-order valence-corrected chi connectivity index (χ3v) is 3.08. The van der Waals surface area contributed by atoms with Gasteiger partial charge in [-0.15, -0.1) is 0 Å². The van der Waals surface area contributed by atoms with Crippen LogP contribution in [0.4, 0.5) is 0 Å². The Kier molecular flexibility index (Phi) is 3.45. The summed E-state index contributed by atoms with van der Waals surface area (Å²) in [6.45, 7) is 4.86. The molecule has 1 heterocycles. The largest absolute Gasteiger partial charge is 0.480 e. The number of morpholine rings is 1. The molecule has 1 saturated heterocycles. The maximum atomic E-state index is 10.8. The first kappa shape index (κ1) is 12.1. The van der Waals surface area contributed by atoms with Crippen molar-refractivity contribution in [1.82, 2.24) is 5.32 Å². The van der Waals surface area contributed by atoms with Crippen molar-refractivity contribution in [2.75, 3.05) is 13.2 Å². The highest BCUT2D eigenvalue weighted by atomic mass is 16.5. The SMILES string of the molecule is Cc1ccc(C2CNC(C(=O)O)CO2)c(C)c1. The molecule has 0 aromatic heterocycles. The molecule has 0 saturated carbocycles. The van der Waals surface area contributed by atoms with Crippen LogP contribution in [0.5, 0.6) is 0 Å². The van der Waals surface area contributed by atoms with E-state index in [9.17, 15) is 4.79 Å². The molecule has 92 valence electrons. The van der Waals surface area contributed by atoms with Gasteiger partial charge in [-0.25, -0.2) is 0 Å². The Morgan fingerprint density at radius 2 is 2.24 bits per heavy atom. The number of rotatable bonds is 2. The molecular weight excluding hydrogens is 218 g/mol. The summed E-state index contributed by atoms with van der Waals surface area (Å²) in [5.74, 6) is -0.857. The Morgan fingerprint density at radius 3 is 2.76 bits per heavy atom. The minimum absolute atomic E-state index is 0.0498. The predicted molar refractivity (Wildman–Crippen MR) is 64.0 cm³/mol. The van der Waals surface area contributed by atoms with Gasteiger partial charge in [-0.05, 0) is 25.0 Å². The second-order valence-electron chi connectivity index (χ2n) is 4.48. The van der Waals surface area contributed by atoms with Crippen molar-refractivity contribution in [2.45, 2.75) is 26.0 Å². The quantitative estimate of drug-likeness (QED) is 0.814. The van der Waals surface area contributed by atoms with Gasteiger partial charge in [0.2, 0.25) is 0 Å². The fourth-order valence-corrected chi connectivity index (χ4v) is 2.12. The van der Waals surface area contributed by atoms with Crippen molar-refractivity contribution in [1.29, 1.82) is 0 Å². The average molecular weight is 235 g/mol. The molecule has 0 aliphatic carbocycles. The summed E-state index contributed by atoms with van der Waals surface area (Å²) in [6, 6.07) is 5.63. The molecule has 2 N–H and O–H groups in total. The lowest BCUT2D eigenvalue weighted by Crippen LogP contribution is -2.47. The molecule has 2 unspecified atom stereocenters. The molecule has 0 radical (unpaired) electrons. The van der Waals surface area contributed by atoms with E-state index in [-0.39, 0.29) is 12.7 Å². The first-order valence-corrected chi connectivity index (χ1v) is 5.73. The maximum absolute atomic E-state index is 10.8. The van der Waals surface area contributed by atoms with Crippen molar-refractivity contribution in [2.24, 2.45) is 0 Å². The van der Waals surface area contributed by atoms with Gasteiger partial charge in [-0.1, -0.05) is 23.8 Å². The van der Waals surface area contributed by atoms with Crippen LogP contribution in [0.15, 0.2) is 18.2 Å². The van der Waals surface area contributed by atoms with E-state index in [1.54, 1.807) is 0 Å². The van der Waals surface area contributed by atoms with E-state index in [4.69, 9.17) is 9.84 Å². The van der Waals surface area contributed by atoms with E-state index in [2.05, 4.69) is 37.4 Å². The number of ether oxygens (including phenoxy) is 1. The zero-order valence-corrected chi connectivity index (χ0v) is 10.1. The summed E-state index contributed by atoms with van der Waals surface area (Å²) in [5.41, 5.74) is 3.54. The van der Waals surface area contributed by atoms with Gasteiger partial charge in [-0.2, -0.15) is 0 Å². The lowest BCUT2D eigenvalue weighted by atomic mass is 10.00. The molecule has 1 aliphatic heterocycles. The van der Waals surface area contributed by atoms with Gasteiger partial charge in [0.1, 0.15) is 6.04 Å². The maximum Gasteiger partial charge on any atom is 0.323 e. The Morgan fingerprint density at radius 1 is 1.47 bits per heavy atom. The third-order valence-electron chi connectivity index (χ3n) is 3.08. The number of aliphatic carboxylic acids is 1. The van der Waals surface area contributed by atoms with Crippen LogP contribution in [-0.4, -0.2) is 30.3 Å². The van der Waals surface area contributed by atoms with E-state index in [1.807, 2.05) is 0 Å².